The van der Waals surface area contributed by atoms with Gasteiger partial charge < -0.3 is 29.0 Å². The molecular formula is C23H29NO7. The number of hydrogen-bond acceptors (Lipinski definition) is 7. The number of amides is 1. The van der Waals surface area contributed by atoms with Crippen molar-refractivity contribution < 1.29 is 33.3 Å². The van der Waals surface area contributed by atoms with E-state index in [4.69, 9.17) is 23.7 Å². The van der Waals surface area contributed by atoms with Crippen LogP contribution in [0.2, 0.25) is 0 Å². The fourth-order valence-electron chi connectivity index (χ4n) is 2.53. The van der Waals surface area contributed by atoms with E-state index in [-0.39, 0.29) is 13.2 Å². The molecule has 31 heavy (non-hydrogen) atoms. The summed E-state index contributed by atoms with van der Waals surface area (Å²) in [4.78, 5) is 23.1. The molecule has 0 spiro atoms. The minimum Gasteiger partial charge on any atom is -0.494 e. The molecule has 0 aliphatic carbocycles. The van der Waals surface area contributed by atoms with E-state index in [2.05, 4.69) is 11.9 Å². The smallest absolute Gasteiger partial charge is 0.412 e. The zero-order valence-corrected chi connectivity index (χ0v) is 18.0. The topological polar surface area (TPSA) is 92.3 Å². The van der Waals surface area contributed by atoms with Gasteiger partial charge in [-0.1, -0.05) is 18.7 Å². The van der Waals surface area contributed by atoms with E-state index >= 15 is 0 Å². The molecule has 2 rings (SSSR count). The van der Waals surface area contributed by atoms with Gasteiger partial charge in [0, 0.05) is 12.1 Å². The van der Waals surface area contributed by atoms with Gasteiger partial charge >= 0.3 is 12.1 Å². The highest BCUT2D eigenvalue weighted by Gasteiger charge is 2.06. The van der Waals surface area contributed by atoms with Gasteiger partial charge in [0.05, 0.1) is 33.0 Å². The lowest BCUT2D eigenvalue weighted by Gasteiger charge is -2.09. The van der Waals surface area contributed by atoms with Crippen LogP contribution in [0, 0.1) is 0 Å². The molecule has 168 valence electrons. The van der Waals surface area contributed by atoms with Gasteiger partial charge in [-0.05, 0) is 48.9 Å². The molecule has 0 aromatic heterocycles. The van der Waals surface area contributed by atoms with Crippen LogP contribution in [0.4, 0.5) is 4.79 Å². The molecule has 0 saturated carbocycles. The monoisotopic (exact) mass is 431 g/mol. The number of nitrogens with one attached hydrogen (secondary N) is 1. The van der Waals surface area contributed by atoms with Crippen molar-refractivity contribution in [3.63, 3.8) is 0 Å². The molecule has 8 heteroatoms. The number of hydrogen-bond donors (Lipinski definition) is 1. The first-order chi connectivity index (χ1) is 15.0. The van der Waals surface area contributed by atoms with Crippen molar-refractivity contribution in [2.24, 2.45) is 0 Å². The lowest BCUT2D eigenvalue weighted by molar-refractivity contribution is -0.140. The van der Waals surface area contributed by atoms with Crippen LogP contribution in [-0.2, 0) is 19.0 Å². The minimum atomic E-state index is -0.551. The van der Waals surface area contributed by atoms with Crippen LogP contribution < -0.4 is 14.8 Å². The van der Waals surface area contributed by atoms with Gasteiger partial charge in [0.2, 0.25) is 0 Å². The summed E-state index contributed by atoms with van der Waals surface area (Å²) in [6.07, 6.45) is -0.551. The van der Waals surface area contributed by atoms with Crippen LogP contribution >= 0.6 is 0 Å². The first-order valence-corrected chi connectivity index (χ1v) is 10.1. The van der Waals surface area contributed by atoms with E-state index in [0.29, 0.717) is 44.3 Å². The van der Waals surface area contributed by atoms with Gasteiger partial charge in [0.15, 0.2) is 0 Å². The molecule has 2 aromatic carbocycles. The highest BCUT2D eigenvalue weighted by molar-refractivity contribution is 5.87. The summed E-state index contributed by atoms with van der Waals surface area (Å²) in [6.45, 7) is 9.42. The molecule has 0 radical (unpaired) electrons. The molecule has 0 saturated heterocycles. The van der Waals surface area contributed by atoms with Crippen molar-refractivity contribution in [1.29, 1.82) is 0 Å². The second-order valence-electron chi connectivity index (χ2n) is 6.56. The lowest BCUT2D eigenvalue weighted by Crippen LogP contribution is -2.30. The number of fused-ring (bicyclic) bond motifs is 1. The predicted octanol–water partition coefficient (Wildman–Crippen LogP) is 3.48. The number of benzene rings is 2. The van der Waals surface area contributed by atoms with Gasteiger partial charge in [-0.15, -0.1) is 0 Å². The van der Waals surface area contributed by atoms with E-state index in [1.165, 1.54) is 0 Å². The maximum absolute atomic E-state index is 11.9. The van der Waals surface area contributed by atoms with Gasteiger partial charge in [0.25, 0.3) is 0 Å². The molecule has 0 heterocycles. The highest BCUT2D eigenvalue weighted by atomic mass is 16.6. The van der Waals surface area contributed by atoms with Crippen molar-refractivity contribution in [3.8, 4) is 11.5 Å². The Morgan fingerprint density at radius 3 is 2.19 bits per heavy atom. The van der Waals surface area contributed by atoms with E-state index in [9.17, 15) is 9.59 Å². The third-order valence-corrected chi connectivity index (χ3v) is 4.00. The molecule has 0 aliphatic heterocycles. The first kappa shape index (κ1) is 24.2. The van der Waals surface area contributed by atoms with Crippen molar-refractivity contribution in [1.82, 2.24) is 5.32 Å². The summed E-state index contributed by atoms with van der Waals surface area (Å²) in [5.41, 5.74) is 0.353. The number of carbonyl (C=O) groups is 2. The minimum absolute atomic E-state index is 0.168. The summed E-state index contributed by atoms with van der Waals surface area (Å²) in [7, 11) is 0. The molecule has 2 aromatic rings. The standard InChI is InChI=1S/C23H29NO7/c1-4-29-20-7-5-19-16-21(8-6-18(19)15-20)31-23(26)24-9-10-27-11-12-28-13-14-30-22(25)17(2)3/h5-8,15-16H,2,4,9-14H2,1,3H3,(H,24,26). The van der Waals surface area contributed by atoms with Crippen LogP contribution in [-0.4, -0.2) is 58.2 Å². The van der Waals surface area contributed by atoms with Crippen LogP contribution in [0.1, 0.15) is 13.8 Å². The van der Waals surface area contributed by atoms with Crippen LogP contribution in [0.25, 0.3) is 10.8 Å². The number of esters is 1. The molecule has 1 amide bonds. The van der Waals surface area contributed by atoms with Crippen molar-refractivity contribution in [2.75, 3.05) is 46.2 Å². The van der Waals surface area contributed by atoms with E-state index in [1.807, 2.05) is 31.2 Å². The average molecular weight is 431 g/mol. The number of carbonyl (C=O) groups excluding carboxylic acids is 2. The zero-order valence-electron chi connectivity index (χ0n) is 18.0. The van der Waals surface area contributed by atoms with E-state index in [0.717, 1.165) is 16.5 Å². The van der Waals surface area contributed by atoms with Crippen LogP contribution in [0.5, 0.6) is 11.5 Å². The second-order valence-corrected chi connectivity index (χ2v) is 6.56. The quantitative estimate of drug-likeness (QED) is 0.295. The SMILES string of the molecule is C=C(C)C(=O)OCCOCCOCCNC(=O)Oc1ccc2cc(OCC)ccc2c1. The Balaban J connectivity index is 1.56. The molecule has 0 bridgehead atoms. The van der Waals surface area contributed by atoms with Crippen molar-refractivity contribution >= 4 is 22.8 Å². The third-order valence-electron chi connectivity index (χ3n) is 4.00. The first-order valence-electron chi connectivity index (χ1n) is 10.1. The van der Waals surface area contributed by atoms with Crippen LogP contribution in [0.3, 0.4) is 0 Å². The Morgan fingerprint density at radius 2 is 1.52 bits per heavy atom. The average Bonchev–Trinajstić information content (AvgIpc) is 2.75. The molecule has 0 atom stereocenters. The number of ether oxygens (including phenoxy) is 5. The van der Waals surface area contributed by atoms with Crippen molar-refractivity contribution in [3.05, 3.63) is 48.6 Å². The van der Waals surface area contributed by atoms with Crippen LogP contribution in [0.15, 0.2) is 48.6 Å². The molecule has 0 unspecified atom stereocenters. The summed E-state index contributed by atoms with van der Waals surface area (Å²) in [5, 5.41) is 4.58. The summed E-state index contributed by atoms with van der Waals surface area (Å²) in [6, 6.07) is 11.2. The molecule has 8 nitrogen and oxygen atoms in total. The Kier molecular flexibility index (Phi) is 10.3. The predicted molar refractivity (Wildman–Crippen MR) is 117 cm³/mol. The maximum atomic E-state index is 11.9. The lowest BCUT2D eigenvalue weighted by atomic mass is 10.1. The zero-order chi connectivity index (χ0) is 22.5. The van der Waals surface area contributed by atoms with Crippen molar-refractivity contribution in [2.45, 2.75) is 13.8 Å². The Hall–Kier alpha value is -3.10. The number of rotatable bonds is 13. The second kappa shape index (κ2) is 13.3. The van der Waals surface area contributed by atoms with Gasteiger partial charge in [-0.3, -0.25) is 0 Å². The summed E-state index contributed by atoms with van der Waals surface area (Å²) < 4.78 is 26.3. The van der Waals surface area contributed by atoms with E-state index in [1.54, 1.807) is 19.1 Å². The maximum Gasteiger partial charge on any atom is 0.412 e. The third kappa shape index (κ3) is 9.06. The van der Waals surface area contributed by atoms with E-state index < -0.39 is 12.1 Å². The fraction of sp³-hybridized carbons (Fsp3) is 0.391. The van der Waals surface area contributed by atoms with Gasteiger partial charge in [0.1, 0.15) is 18.1 Å². The Bertz CT molecular complexity index is 881. The Labute approximate surface area is 182 Å². The van der Waals surface area contributed by atoms with Gasteiger partial charge in [-0.25, -0.2) is 9.59 Å². The Morgan fingerprint density at radius 1 is 0.903 bits per heavy atom. The highest BCUT2D eigenvalue weighted by Crippen LogP contribution is 2.25. The molecular weight excluding hydrogens is 402 g/mol. The molecule has 0 aliphatic rings. The summed E-state index contributed by atoms with van der Waals surface area (Å²) >= 11 is 0. The van der Waals surface area contributed by atoms with Gasteiger partial charge in [-0.2, -0.15) is 0 Å². The normalized spacial score (nSPS) is 10.5. The summed E-state index contributed by atoms with van der Waals surface area (Å²) in [5.74, 6) is 0.825. The fourth-order valence-corrected chi connectivity index (χ4v) is 2.53. The molecule has 1 N–H and O–H groups in total. The molecule has 0 fully saturated rings. The largest absolute Gasteiger partial charge is 0.494 e.